The van der Waals surface area contributed by atoms with Gasteiger partial charge in [0, 0.05) is 49.8 Å². The molecule has 0 N–H and O–H groups in total. The van der Waals surface area contributed by atoms with E-state index in [0.717, 1.165) is 52.2 Å². The monoisotopic (exact) mass is 505 g/mol. The van der Waals surface area contributed by atoms with Crippen LogP contribution in [-0.2, 0) is 10.3 Å². The quantitative estimate of drug-likeness (QED) is 0.396. The highest BCUT2D eigenvalue weighted by atomic mass is 31.0. The van der Waals surface area contributed by atoms with E-state index in [1.54, 1.807) is 30.7 Å². The lowest BCUT2D eigenvalue weighted by Gasteiger charge is -2.29. The normalized spacial score (nSPS) is 14.4. The highest BCUT2D eigenvalue weighted by Crippen LogP contribution is 2.31. The zero-order valence-electron chi connectivity index (χ0n) is 21.4. The smallest absolute Gasteiger partial charge is 0.278 e. The zero-order chi connectivity index (χ0) is 25.6. The number of amides is 1. The van der Waals surface area contributed by atoms with Crippen LogP contribution in [-0.4, -0.2) is 63.4 Å². The summed E-state index contributed by atoms with van der Waals surface area (Å²) in [4.78, 5) is 26.2. The molecule has 1 saturated heterocycles. The predicted octanol–water partition coefficient (Wildman–Crippen LogP) is 3.27. The lowest BCUT2D eigenvalue weighted by atomic mass is 10.0. The number of anilines is 2. The molecule has 1 fully saturated rings. The van der Waals surface area contributed by atoms with Crippen LogP contribution in [0.1, 0.15) is 36.8 Å². The number of benzene rings is 1. The highest BCUT2D eigenvalue weighted by Gasteiger charge is 2.23. The first kappa shape index (κ1) is 24.4. The predicted molar refractivity (Wildman–Crippen MR) is 145 cm³/mol. The molecular weight excluding hydrogens is 473 g/mol. The molecule has 0 aliphatic carbocycles. The first-order valence-electron chi connectivity index (χ1n) is 12.0. The lowest BCUT2D eigenvalue weighted by molar-refractivity contribution is 0.0988. The summed E-state index contributed by atoms with van der Waals surface area (Å²) in [7, 11) is 4.54. The van der Waals surface area contributed by atoms with Gasteiger partial charge in [0.1, 0.15) is 5.69 Å². The van der Waals surface area contributed by atoms with Crippen LogP contribution < -0.4 is 15.1 Å². The van der Waals surface area contributed by atoms with E-state index in [0.29, 0.717) is 18.9 Å². The van der Waals surface area contributed by atoms with Gasteiger partial charge >= 0.3 is 0 Å². The van der Waals surface area contributed by atoms with Crippen LogP contribution in [0.3, 0.4) is 0 Å². The Kier molecular flexibility index (Phi) is 6.30. The summed E-state index contributed by atoms with van der Waals surface area (Å²) in [6.45, 7) is 11.3. The summed E-state index contributed by atoms with van der Waals surface area (Å²) in [5.41, 5.74) is 5.75. The second-order valence-electron chi connectivity index (χ2n) is 10.1. The number of imidazole rings is 2. The number of hydrogen-bond donors (Lipinski definition) is 0. The molecule has 4 aromatic rings. The maximum Gasteiger partial charge on any atom is 0.278 e. The summed E-state index contributed by atoms with van der Waals surface area (Å²) >= 11 is 0. The van der Waals surface area contributed by atoms with E-state index in [-0.39, 0.29) is 11.4 Å². The fraction of sp³-hybridized carbons (Fsp3) is 0.385. The maximum atomic E-state index is 13.4. The zero-order valence-corrected chi connectivity index (χ0v) is 22.5. The van der Waals surface area contributed by atoms with Gasteiger partial charge in [0.15, 0.2) is 5.65 Å². The van der Waals surface area contributed by atoms with Gasteiger partial charge in [-0.1, -0.05) is 0 Å². The molecule has 1 amide bonds. The van der Waals surface area contributed by atoms with Crippen molar-refractivity contribution in [3.8, 4) is 11.3 Å². The largest absolute Gasteiger partial charge is 0.378 e. The molecule has 9 nitrogen and oxygen atoms in total. The van der Waals surface area contributed by atoms with Crippen molar-refractivity contribution in [2.75, 3.05) is 43.2 Å². The Morgan fingerprint density at radius 1 is 1.14 bits per heavy atom. The molecule has 0 saturated carbocycles. The Balaban J connectivity index is 1.55. The van der Waals surface area contributed by atoms with Crippen LogP contribution >= 0.6 is 9.24 Å². The highest BCUT2D eigenvalue weighted by molar-refractivity contribution is 7.28. The molecule has 1 atom stereocenters. The van der Waals surface area contributed by atoms with E-state index in [1.807, 2.05) is 21.3 Å². The third kappa shape index (κ3) is 4.49. The standard InChI is InChI=1S/C26H32N7O2P/c1-17-12-23(36)21(30(5)25(34)20-15-32(16-28-20)26(2,3)4)13-18(17)19-14-22(31-8-10-35-11-9-31)24-27-6-7-33(24)29-19/h6-7,12-16H,8-11,36H2,1-5H3. The molecule has 1 aliphatic heterocycles. The molecule has 5 rings (SSSR count). The van der Waals surface area contributed by atoms with E-state index in [2.05, 4.69) is 63.9 Å². The summed E-state index contributed by atoms with van der Waals surface area (Å²) in [6.07, 6.45) is 7.15. The van der Waals surface area contributed by atoms with Crippen molar-refractivity contribution in [2.24, 2.45) is 0 Å². The minimum Gasteiger partial charge on any atom is -0.378 e. The molecule has 3 aromatic heterocycles. The van der Waals surface area contributed by atoms with Gasteiger partial charge in [-0.3, -0.25) is 4.79 Å². The first-order valence-corrected chi connectivity index (χ1v) is 12.6. The van der Waals surface area contributed by atoms with Gasteiger partial charge in [-0.2, -0.15) is 5.10 Å². The molecule has 1 aromatic carbocycles. The number of carbonyl (C=O) groups is 1. The summed E-state index contributed by atoms with van der Waals surface area (Å²) < 4.78 is 9.33. The number of fused-ring (bicyclic) bond motifs is 1. The van der Waals surface area contributed by atoms with Crippen molar-refractivity contribution < 1.29 is 9.53 Å². The van der Waals surface area contributed by atoms with Gasteiger partial charge < -0.3 is 19.1 Å². The first-order chi connectivity index (χ1) is 17.1. The number of rotatable bonds is 4. The minimum absolute atomic E-state index is 0.150. The van der Waals surface area contributed by atoms with Gasteiger partial charge in [-0.05, 0) is 56.8 Å². The van der Waals surface area contributed by atoms with Gasteiger partial charge in [-0.25, -0.2) is 14.5 Å². The maximum absolute atomic E-state index is 13.4. The summed E-state index contributed by atoms with van der Waals surface area (Å²) in [5, 5.41) is 5.79. The molecule has 0 spiro atoms. The molecule has 1 aliphatic rings. The fourth-order valence-corrected chi connectivity index (χ4v) is 4.96. The molecule has 0 bridgehead atoms. The molecule has 188 valence electrons. The van der Waals surface area contributed by atoms with Crippen LogP contribution in [0.5, 0.6) is 0 Å². The van der Waals surface area contributed by atoms with E-state index in [9.17, 15) is 4.79 Å². The third-order valence-electron chi connectivity index (χ3n) is 6.58. The number of hydrogen-bond acceptors (Lipinski definition) is 6. The molecule has 1 unspecified atom stereocenters. The number of aromatic nitrogens is 5. The number of nitrogens with zero attached hydrogens (tertiary/aromatic N) is 7. The van der Waals surface area contributed by atoms with Crippen LogP contribution in [0, 0.1) is 6.92 Å². The number of ether oxygens (including phenoxy) is 1. The molecule has 10 heteroatoms. The van der Waals surface area contributed by atoms with Gasteiger partial charge in [0.2, 0.25) is 0 Å². The van der Waals surface area contributed by atoms with E-state index < -0.39 is 0 Å². The Hall–Kier alpha value is -3.29. The van der Waals surface area contributed by atoms with Crippen molar-refractivity contribution in [1.82, 2.24) is 24.1 Å². The summed E-state index contributed by atoms with van der Waals surface area (Å²) in [5.74, 6) is -0.163. The Labute approximate surface area is 213 Å². The minimum atomic E-state index is -0.163. The van der Waals surface area contributed by atoms with Crippen molar-refractivity contribution in [3.63, 3.8) is 0 Å². The Morgan fingerprint density at radius 3 is 2.58 bits per heavy atom. The molecule has 0 radical (unpaired) electrons. The van der Waals surface area contributed by atoms with Crippen molar-refractivity contribution >= 4 is 37.5 Å². The molecular formula is C26H32N7O2P. The van der Waals surface area contributed by atoms with E-state index in [4.69, 9.17) is 9.84 Å². The van der Waals surface area contributed by atoms with E-state index >= 15 is 0 Å². The van der Waals surface area contributed by atoms with E-state index in [1.165, 1.54) is 0 Å². The molecule has 36 heavy (non-hydrogen) atoms. The second-order valence-corrected chi connectivity index (χ2v) is 10.8. The average molecular weight is 506 g/mol. The SMILES string of the molecule is Cc1cc(P)c(N(C)C(=O)c2cn(C(C)(C)C)cn2)cc1-c1cc(N2CCOCC2)c2nccn2n1. The lowest BCUT2D eigenvalue weighted by Crippen LogP contribution is -2.36. The molecule has 4 heterocycles. The average Bonchev–Trinajstić information content (AvgIpc) is 3.53. The van der Waals surface area contributed by atoms with Crippen LogP contribution in [0.4, 0.5) is 11.4 Å². The van der Waals surface area contributed by atoms with Crippen molar-refractivity contribution in [2.45, 2.75) is 33.2 Å². The fourth-order valence-electron chi connectivity index (χ4n) is 4.44. The summed E-state index contributed by atoms with van der Waals surface area (Å²) in [6, 6.07) is 6.20. The Bertz CT molecular complexity index is 1430. The van der Waals surface area contributed by atoms with Gasteiger partial charge in [-0.15, -0.1) is 9.24 Å². The number of aryl methyl sites for hydroxylation is 1. The van der Waals surface area contributed by atoms with Crippen LogP contribution in [0.25, 0.3) is 16.9 Å². The number of carbonyl (C=O) groups excluding carboxylic acids is 1. The van der Waals surface area contributed by atoms with Gasteiger partial charge in [0.05, 0.1) is 36.6 Å². The van der Waals surface area contributed by atoms with Crippen LogP contribution in [0.15, 0.2) is 43.1 Å². The van der Waals surface area contributed by atoms with Gasteiger partial charge in [0.25, 0.3) is 5.91 Å². The second kappa shape index (κ2) is 9.30. The van der Waals surface area contributed by atoms with Crippen molar-refractivity contribution in [1.29, 1.82) is 0 Å². The third-order valence-corrected chi connectivity index (χ3v) is 7.05. The number of morpholine rings is 1. The van der Waals surface area contributed by atoms with Crippen LogP contribution in [0.2, 0.25) is 0 Å². The topological polar surface area (TPSA) is 80.8 Å². The van der Waals surface area contributed by atoms with Crippen molar-refractivity contribution in [3.05, 3.63) is 54.4 Å². The Morgan fingerprint density at radius 2 is 1.89 bits per heavy atom.